The molecule has 0 aliphatic carbocycles. The molecule has 0 spiro atoms. The van der Waals surface area contributed by atoms with E-state index in [0.717, 1.165) is 5.56 Å². The van der Waals surface area contributed by atoms with Crippen molar-refractivity contribution in [3.63, 3.8) is 0 Å². The summed E-state index contributed by atoms with van der Waals surface area (Å²) in [6.45, 7) is 0.567. The predicted molar refractivity (Wildman–Crippen MR) is 101 cm³/mol. The van der Waals surface area contributed by atoms with Crippen LogP contribution in [-0.4, -0.2) is 9.97 Å². The summed E-state index contributed by atoms with van der Waals surface area (Å²) in [6, 6.07) is 14.6. The molecule has 0 aliphatic heterocycles. The molecule has 0 saturated heterocycles. The van der Waals surface area contributed by atoms with Crippen LogP contribution in [0.5, 0.6) is 0 Å². The second kappa shape index (κ2) is 7.71. The van der Waals surface area contributed by atoms with Crippen molar-refractivity contribution in [1.29, 1.82) is 0 Å². The summed E-state index contributed by atoms with van der Waals surface area (Å²) in [5.41, 5.74) is 1.68. The Balaban J connectivity index is 1.71. The second-order valence-corrected chi connectivity index (χ2v) is 6.21. The Morgan fingerprint density at radius 3 is 2.54 bits per heavy atom. The highest BCUT2D eigenvalue weighted by Crippen LogP contribution is 2.27. The number of benzene rings is 2. The van der Waals surface area contributed by atoms with E-state index in [1.54, 1.807) is 30.5 Å². The Bertz CT molecular complexity index is 855. The van der Waals surface area contributed by atoms with Gasteiger partial charge in [0.25, 0.3) is 0 Å². The first-order valence-corrected chi connectivity index (χ1v) is 8.27. The zero-order valence-corrected chi connectivity index (χ0v) is 14.7. The second-order valence-electron chi connectivity index (χ2n) is 4.96. The number of halogens is 3. The first-order valence-electron chi connectivity index (χ1n) is 7.14. The van der Waals surface area contributed by atoms with Crippen molar-refractivity contribution < 1.29 is 0 Å². The largest absolute Gasteiger partial charge is 0.366 e. The number of hydrogen-bond acceptors (Lipinski definition) is 4. The molecule has 0 radical (unpaired) electrons. The van der Waals surface area contributed by atoms with Crippen molar-refractivity contribution in [1.82, 2.24) is 9.97 Å². The van der Waals surface area contributed by atoms with Gasteiger partial charge in [0.05, 0.1) is 10.7 Å². The van der Waals surface area contributed by atoms with Crippen LogP contribution in [0.1, 0.15) is 5.56 Å². The van der Waals surface area contributed by atoms with E-state index in [2.05, 4.69) is 20.6 Å². The predicted octanol–water partition coefficient (Wildman–Crippen LogP) is 5.79. The summed E-state index contributed by atoms with van der Waals surface area (Å²) >= 11 is 18.2. The molecule has 0 saturated carbocycles. The van der Waals surface area contributed by atoms with Gasteiger partial charge in [-0.3, -0.25) is 0 Å². The van der Waals surface area contributed by atoms with Gasteiger partial charge >= 0.3 is 0 Å². The smallest absolute Gasteiger partial charge is 0.229 e. The first kappa shape index (κ1) is 16.8. The number of anilines is 3. The van der Waals surface area contributed by atoms with Crippen LogP contribution in [0.25, 0.3) is 0 Å². The highest BCUT2D eigenvalue weighted by atomic mass is 35.5. The van der Waals surface area contributed by atoms with E-state index in [1.165, 1.54) is 0 Å². The van der Waals surface area contributed by atoms with E-state index in [9.17, 15) is 0 Å². The monoisotopic (exact) mass is 378 g/mol. The van der Waals surface area contributed by atoms with Gasteiger partial charge in [-0.15, -0.1) is 0 Å². The molecular weight excluding hydrogens is 367 g/mol. The summed E-state index contributed by atoms with van der Waals surface area (Å²) in [6.07, 6.45) is 1.66. The summed E-state index contributed by atoms with van der Waals surface area (Å²) in [5.74, 6) is 1.11. The molecule has 0 atom stereocenters. The topological polar surface area (TPSA) is 49.8 Å². The normalized spacial score (nSPS) is 10.5. The maximum absolute atomic E-state index is 6.15. The third-order valence-electron chi connectivity index (χ3n) is 3.25. The summed E-state index contributed by atoms with van der Waals surface area (Å²) in [4.78, 5) is 8.60. The highest BCUT2D eigenvalue weighted by molar-refractivity contribution is 6.36. The molecule has 7 heteroatoms. The van der Waals surface area contributed by atoms with E-state index >= 15 is 0 Å². The van der Waals surface area contributed by atoms with Crippen molar-refractivity contribution in [3.8, 4) is 0 Å². The van der Waals surface area contributed by atoms with Gasteiger partial charge in [-0.1, -0.05) is 53.0 Å². The van der Waals surface area contributed by atoms with Crippen LogP contribution < -0.4 is 10.6 Å². The Morgan fingerprint density at radius 1 is 0.917 bits per heavy atom. The molecule has 0 unspecified atom stereocenters. The van der Waals surface area contributed by atoms with Crippen molar-refractivity contribution in [2.75, 3.05) is 10.6 Å². The molecule has 0 aliphatic rings. The third-order valence-corrected chi connectivity index (χ3v) is 4.17. The van der Waals surface area contributed by atoms with E-state index in [1.807, 2.05) is 24.3 Å². The van der Waals surface area contributed by atoms with Crippen LogP contribution in [0.4, 0.5) is 17.5 Å². The number of rotatable bonds is 5. The van der Waals surface area contributed by atoms with Crippen LogP contribution in [0.15, 0.2) is 54.7 Å². The van der Waals surface area contributed by atoms with E-state index in [-0.39, 0.29) is 0 Å². The Kier molecular flexibility index (Phi) is 5.41. The minimum absolute atomic E-state index is 0.434. The fourth-order valence-corrected chi connectivity index (χ4v) is 2.71. The molecule has 122 valence electrons. The summed E-state index contributed by atoms with van der Waals surface area (Å²) in [5, 5.41) is 8.08. The van der Waals surface area contributed by atoms with Crippen molar-refractivity contribution >= 4 is 52.3 Å². The van der Waals surface area contributed by atoms with Gasteiger partial charge in [0.15, 0.2) is 0 Å². The molecule has 3 rings (SSSR count). The third kappa shape index (κ3) is 4.29. The Hall–Kier alpha value is -2.01. The molecule has 3 aromatic rings. The summed E-state index contributed by atoms with van der Waals surface area (Å²) < 4.78 is 0. The Morgan fingerprint density at radius 2 is 1.75 bits per heavy atom. The van der Waals surface area contributed by atoms with Gasteiger partial charge < -0.3 is 10.6 Å². The standard InChI is InChI=1S/C17H13Cl3N4/c18-12-5-6-15(14(20)9-12)23-17-21-8-7-16(24-17)22-10-11-3-1-2-4-13(11)19/h1-9H,10H2,(H2,21,22,23,24). The quantitative estimate of drug-likeness (QED) is 0.589. The number of nitrogens with zero attached hydrogens (tertiary/aromatic N) is 2. The van der Waals surface area contributed by atoms with Crippen molar-refractivity contribution in [2.45, 2.75) is 6.54 Å². The average Bonchev–Trinajstić information content (AvgIpc) is 2.57. The van der Waals surface area contributed by atoms with Crippen LogP contribution in [0.2, 0.25) is 15.1 Å². The van der Waals surface area contributed by atoms with Gasteiger partial charge in [-0.05, 0) is 35.9 Å². The van der Waals surface area contributed by atoms with Gasteiger partial charge in [0.1, 0.15) is 5.82 Å². The van der Waals surface area contributed by atoms with Crippen LogP contribution >= 0.6 is 34.8 Å². The van der Waals surface area contributed by atoms with E-state index < -0.39 is 0 Å². The highest BCUT2D eigenvalue weighted by Gasteiger charge is 2.05. The lowest BCUT2D eigenvalue weighted by Crippen LogP contribution is -2.04. The molecule has 0 fully saturated rings. The van der Waals surface area contributed by atoms with Crippen LogP contribution in [0.3, 0.4) is 0 Å². The lowest BCUT2D eigenvalue weighted by Gasteiger charge is -2.10. The lowest BCUT2D eigenvalue weighted by atomic mass is 10.2. The van der Waals surface area contributed by atoms with Gasteiger partial charge in [0, 0.05) is 22.8 Å². The molecular formula is C17H13Cl3N4. The summed E-state index contributed by atoms with van der Waals surface area (Å²) in [7, 11) is 0. The zero-order chi connectivity index (χ0) is 16.9. The minimum Gasteiger partial charge on any atom is -0.366 e. The molecule has 0 amide bonds. The number of aromatic nitrogens is 2. The fraction of sp³-hybridized carbons (Fsp3) is 0.0588. The van der Waals surface area contributed by atoms with Gasteiger partial charge in [-0.2, -0.15) is 4.98 Å². The van der Waals surface area contributed by atoms with Crippen LogP contribution in [-0.2, 0) is 6.54 Å². The van der Waals surface area contributed by atoms with Crippen LogP contribution in [0, 0.1) is 0 Å². The number of hydrogen-bond donors (Lipinski definition) is 2. The van der Waals surface area contributed by atoms with E-state index in [4.69, 9.17) is 34.8 Å². The SMILES string of the molecule is Clc1ccc(Nc2nccc(NCc3ccccc3Cl)n2)c(Cl)c1. The lowest BCUT2D eigenvalue weighted by molar-refractivity contribution is 1.08. The molecule has 4 nitrogen and oxygen atoms in total. The van der Waals surface area contributed by atoms with Crippen molar-refractivity contribution in [3.05, 3.63) is 75.4 Å². The molecule has 2 aromatic carbocycles. The molecule has 1 heterocycles. The molecule has 24 heavy (non-hydrogen) atoms. The first-order chi connectivity index (χ1) is 11.6. The zero-order valence-electron chi connectivity index (χ0n) is 12.4. The Labute approximate surface area is 154 Å². The molecule has 2 N–H and O–H groups in total. The maximum Gasteiger partial charge on any atom is 0.229 e. The molecule has 1 aromatic heterocycles. The maximum atomic E-state index is 6.15. The minimum atomic E-state index is 0.434. The number of nitrogens with one attached hydrogen (secondary N) is 2. The average molecular weight is 380 g/mol. The molecule has 0 bridgehead atoms. The van der Waals surface area contributed by atoms with Crippen molar-refractivity contribution in [2.24, 2.45) is 0 Å². The van der Waals surface area contributed by atoms with Gasteiger partial charge in [0.2, 0.25) is 5.95 Å². The fourth-order valence-electron chi connectivity index (χ4n) is 2.06. The van der Waals surface area contributed by atoms with E-state index in [0.29, 0.717) is 39.1 Å². The van der Waals surface area contributed by atoms with Gasteiger partial charge in [-0.25, -0.2) is 4.98 Å².